The van der Waals surface area contributed by atoms with E-state index in [1.54, 1.807) is 6.92 Å². The van der Waals surface area contributed by atoms with Gasteiger partial charge in [-0.25, -0.2) is 9.18 Å². The molecule has 1 heterocycles. The summed E-state index contributed by atoms with van der Waals surface area (Å²) in [6, 6.07) is -0.567. The number of carbonyl (C=O) groups is 2. The average molecular weight is 187 g/mol. The molecule has 0 saturated heterocycles. The molecular weight excluding hydrogens is 177 g/mol. The predicted octanol–water partition coefficient (Wildman–Crippen LogP) is -0.384. The minimum absolute atomic E-state index is 0.238. The van der Waals surface area contributed by atoms with Gasteiger partial charge in [-0.2, -0.15) is 0 Å². The molecule has 0 spiro atoms. The van der Waals surface area contributed by atoms with Crippen LogP contribution in [0.1, 0.15) is 6.92 Å². The van der Waals surface area contributed by atoms with Crippen molar-refractivity contribution in [1.82, 2.24) is 16.0 Å². The molecule has 5 nitrogen and oxygen atoms in total. The number of halogens is 1. The van der Waals surface area contributed by atoms with Crippen molar-refractivity contribution >= 4 is 11.9 Å². The van der Waals surface area contributed by atoms with Gasteiger partial charge in [0.05, 0.1) is 6.54 Å². The van der Waals surface area contributed by atoms with E-state index in [1.807, 2.05) is 0 Å². The molecule has 6 heteroatoms. The Balaban J connectivity index is 2.75. The van der Waals surface area contributed by atoms with Crippen LogP contribution in [0.3, 0.4) is 0 Å². The van der Waals surface area contributed by atoms with Crippen LogP contribution in [0.4, 0.5) is 9.18 Å². The monoisotopic (exact) mass is 187 g/mol. The van der Waals surface area contributed by atoms with Gasteiger partial charge in [-0.05, 0) is 6.92 Å². The van der Waals surface area contributed by atoms with Crippen LogP contribution in [0, 0.1) is 0 Å². The molecule has 0 bridgehead atoms. The standard InChI is InChI=1S/C7H10FN3O2/c1-2-9-6(12)5-4(8)3-10-7(13)11-5/h2-3H2,1H3,(H,9,12)(H2,10,11,13). The number of likely N-dealkylation sites (N-methyl/N-ethyl adjacent to an activating group) is 1. The van der Waals surface area contributed by atoms with E-state index >= 15 is 0 Å². The number of urea groups is 1. The summed E-state index contributed by atoms with van der Waals surface area (Å²) >= 11 is 0. The number of hydrogen-bond donors (Lipinski definition) is 3. The summed E-state index contributed by atoms with van der Waals surface area (Å²) in [6.07, 6.45) is 0. The van der Waals surface area contributed by atoms with Crippen molar-refractivity contribution in [1.29, 1.82) is 0 Å². The van der Waals surface area contributed by atoms with Gasteiger partial charge in [-0.3, -0.25) is 4.79 Å². The molecule has 0 fully saturated rings. The molecule has 0 saturated carbocycles. The Morgan fingerprint density at radius 2 is 2.38 bits per heavy atom. The first-order chi connectivity index (χ1) is 6.15. The SMILES string of the molecule is CCNC(=O)C1=C(F)CNC(=O)N1. The molecule has 13 heavy (non-hydrogen) atoms. The summed E-state index contributed by atoms with van der Waals surface area (Å²) in [7, 11) is 0. The van der Waals surface area contributed by atoms with Crippen LogP contribution in [-0.4, -0.2) is 25.0 Å². The summed E-state index contributed by atoms with van der Waals surface area (Å²) < 4.78 is 12.9. The zero-order valence-corrected chi connectivity index (χ0v) is 7.11. The van der Waals surface area contributed by atoms with Gasteiger partial charge in [0.2, 0.25) is 0 Å². The second kappa shape index (κ2) is 3.88. The second-order valence-corrected chi connectivity index (χ2v) is 2.45. The smallest absolute Gasteiger partial charge is 0.319 e. The maximum atomic E-state index is 12.9. The number of carbonyl (C=O) groups excluding carboxylic acids is 2. The second-order valence-electron chi connectivity index (χ2n) is 2.45. The topological polar surface area (TPSA) is 70.2 Å². The van der Waals surface area contributed by atoms with Crippen LogP contribution in [0.25, 0.3) is 0 Å². The lowest BCUT2D eigenvalue weighted by Gasteiger charge is -2.16. The Morgan fingerprint density at radius 3 is 3.00 bits per heavy atom. The van der Waals surface area contributed by atoms with Crippen LogP contribution in [-0.2, 0) is 4.79 Å². The van der Waals surface area contributed by atoms with Gasteiger partial charge in [0.15, 0.2) is 0 Å². The number of hydrogen-bond acceptors (Lipinski definition) is 2. The highest BCUT2D eigenvalue weighted by Gasteiger charge is 2.22. The molecule has 1 rings (SSSR count). The van der Waals surface area contributed by atoms with E-state index in [0.29, 0.717) is 6.54 Å². The Bertz CT molecular complexity index is 275. The lowest BCUT2D eigenvalue weighted by atomic mass is 10.3. The van der Waals surface area contributed by atoms with E-state index in [4.69, 9.17) is 0 Å². The van der Waals surface area contributed by atoms with E-state index in [9.17, 15) is 14.0 Å². The zero-order valence-electron chi connectivity index (χ0n) is 7.11. The summed E-state index contributed by atoms with van der Waals surface area (Å²) in [4.78, 5) is 21.8. The molecule has 0 aliphatic carbocycles. The quantitative estimate of drug-likeness (QED) is 0.551. The summed E-state index contributed by atoms with van der Waals surface area (Å²) in [6.45, 7) is 1.86. The van der Waals surface area contributed by atoms with Crippen molar-refractivity contribution in [2.24, 2.45) is 0 Å². The zero-order chi connectivity index (χ0) is 9.84. The van der Waals surface area contributed by atoms with Crippen molar-refractivity contribution < 1.29 is 14.0 Å². The first-order valence-electron chi connectivity index (χ1n) is 3.86. The van der Waals surface area contributed by atoms with Crippen LogP contribution < -0.4 is 16.0 Å². The van der Waals surface area contributed by atoms with E-state index < -0.39 is 17.8 Å². The third kappa shape index (κ3) is 2.17. The van der Waals surface area contributed by atoms with Crippen LogP contribution >= 0.6 is 0 Å². The molecule has 0 aromatic carbocycles. The molecule has 72 valence electrons. The lowest BCUT2D eigenvalue weighted by molar-refractivity contribution is -0.117. The molecule has 0 aromatic rings. The number of rotatable bonds is 2. The van der Waals surface area contributed by atoms with Gasteiger partial charge in [-0.1, -0.05) is 0 Å². The largest absolute Gasteiger partial charge is 0.351 e. The average Bonchev–Trinajstić information content (AvgIpc) is 2.09. The highest BCUT2D eigenvalue weighted by atomic mass is 19.1. The normalized spacial score (nSPS) is 16.3. The Hall–Kier alpha value is -1.59. The van der Waals surface area contributed by atoms with Gasteiger partial charge in [-0.15, -0.1) is 0 Å². The molecular formula is C7H10FN3O2. The minimum atomic E-state index is -0.662. The van der Waals surface area contributed by atoms with Gasteiger partial charge in [0.1, 0.15) is 11.5 Å². The third-order valence-corrected chi connectivity index (χ3v) is 1.48. The fraction of sp³-hybridized carbons (Fsp3) is 0.429. The highest BCUT2D eigenvalue weighted by molar-refractivity contribution is 5.98. The molecule has 3 amide bonds. The van der Waals surface area contributed by atoms with Gasteiger partial charge in [0, 0.05) is 6.54 Å². The summed E-state index contributed by atoms with van der Waals surface area (Å²) in [5.41, 5.74) is -0.300. The number of nitrogens with one attached hydrogen (secondary N) is 3. The summed E-state index contributed by atoms with van der Waals surface area (Å²) in [5, 5.41) is 6.68. The van der Waals surface area contributed by atoms with Crippen molar-refractivity contribution in [2.45, 2.75) is 6.92 Å². The predicted molar refractivity (Wildman–Crippen MR) is 43.4 cm³/mol. The third-order valence-electron chi connectivity index (χ3n) is 1.48. The van der Waals surface area contributed by atoms with Crippen molar-refractivity contribution in [2.75, 3.05) is 13.1 Å². The maximum Gasteiger partial charge on any atom is 0.319 e. The molecule has 0 radical (unpaired) electrons. The van der Waals surface area contributed by atoms with E-state index in [2.05, 4.69) is 16.0 Å². The first-order valence-corrected chi connectivity index (χ1v) is 3.86. The molecule has 1 aliphatic heterocycles. The Morgan fingerprint density at radius 1 is 1.69 bits per heavy atom. The van der Waals surface area contributed by atoms with Gasteiger partial charge >= 0.3 is 6.03 Å². The Kier molecular flexibility index (Phi) is 2.84. The lowest BCUT2D eigenvalue weighted by Crippen LogP contribution is -2.46. The van der Waals surface area contributed by atoms with Crippen LogP contribution in [0.5, 0.6) is 0 Å². The summed E-state index contributed by atoms with van der Waals surface area (Å²) in [5.74, 6) is -1.26. The molecule has 0 aromatic heterocycles. The Labute approximate surface area is 74.4 Å². The first kappa shape index (κ1) is 9.50. The highest BCUT2D eigenvalue weighted by Crippen LogP contribution is 2.05. The van der Waals surface area contributed by atoms with Gasteiger partial charge in [0.25, 0.3) is 5.91 Å². The van der Waals surface area contributed by atoms with Crippen molar-refractivity contribution in [3.8, 4) is 0 Å². The van der Waals surface area contributed by atoms with E-state index in [-0.39, 0.29) is 12.2 Å². The van der Waals surface area contributed by atoms with Gasteiger partial charge < -0.3 is 16.0 Å². The fourth-order valence-corrected chi connectivity index (χ4v) is 0.901. The molecule has 0 unspecified atom stereocenters. The van der Waals surface area contributed by atoms with E-state index in [0.717, 1.165) is 0 Å². The van der Waals surface area contributed by atoms with Crippen LogP contribution in [0.15, 0.2) is 11.5 Å². The minimum Gasteiger partial charge on any atom is -0.351 e. The van der Waals surface area contributed by atoms with E-state index in [1.165, 1.54) is 0 Å². The van der Waals surface area contributed by atoms with Crippen molar-refractivity contribution in [3.63, 3.8) is 0 Å². The number of amides is 3. The molecule has 0 atom stereocenters. The maximum absolute atomic E-state index is 12.9. The van der Waals surface area contributed by atoms with Crippen LogP contribution in [0.2, 0.25) is 0 Å². The fourth-order valence-electron chi connectivity index (χ4n) is 0.901. The molecule has 1 aliphatic rings. The van der Waals surface area contributed by atoms with Crippen molar-refractivity contribution in [3.05, 3.63) is 11.5 Å². The molecule has 3 N–H and O–H groups in total.